The molecule has 0 amide bonds. The zero-order valence-corrected chi connectivity index (χ0v) is 10.7. The lowest BCUT2D eigenvalue weighted by Gasteiger charge is -2.15. The zero-order valence-electron chi connectivity index (χ0n) is 9.97. The van der Waals surface area contributed by atoms with Crippen molar-refractivity contribution in [3.8, 4) is 11.5 Å². The lowest BCUT2D eigenvalue weighted by atomic mass is 10.0. The molecular formula is C12H18ClNO2. The van der Waals surface area contributed by atoms with Gasteiger partial charge in [-0.1, -0.05) is 11.6 Å². The molecule has 90 valence electrons. The number of hydrogen-bond donors (Lipinski definition) is 1. The number of benzene rings is 1. The Kier molecular flexibility index (Phi) is 4.90. The van der Waals surface area contributed by atoms with Gasteiger partial charge in [-0.3, -0.25) is 0 Å². The Morgan fingerprint density at radius 2 is 1.88 bits per heavy atom. The summed E-state index contributed by atoms with van der Waals surface area (Å²) in [5.74, 6) is 1.37. The van der Waals surface area contributed by atoms with Gasteiger partial charge in [0.25, 0.3) is 0 Å². The second-order valence-corrected chi connectivity index (χ2v) is 4.00. The number of nitrogens with two attached hydrogens (primary N) is 1. The molecule has 0 radical (unpaired) electrons. The Morgan fingerprint density at radius 3 is 2.38 bits per heavy atom. The summed E-state index contributed by atoms with van der Waals surface area (Å²) in [6, 6.07) is 2.04. The quantitative estimate of drug-likeness (QED) is 0.865. The van der Waals surface area contributed by atoms with Crippen LogP contribution >= 0.6 is 11.6 Å². The van der Waals surface area contributed by atoms with E-state index in [2.05, 4.69) is 0 Å². The third kappa shape index (κ3) is 2.60. The lowest BCUT2D eigenvalue weighted by molar-refractivity contribution is 0.389. The average Bonchev–Trinajstić information content (AvgIpc) is 2.26. The number of rotatable bonds is 5. The molecule has 3 nitrogen and oxygen atoms in total. The molecule has 2 N–H and O–H groups in total. The van der Waals surface area contributed by atoms with Crippen LogP contribution in [0.25, 0.3) is 0 Å². The van der Waals surface area contributed by atoms with Crippen molar-refractivity contribution in [3.05, 3.63) is 22.2 Å². The Labute approximate surface area is 101 Å². The van der Waals surface area contributed by atoms with Crippen molar-refractivity contribution in [2.45, 2.75) is 19.8 Å². The fraction of sp³-hybridized carbons (Fsp3) is 0.500. The molecule has 0 atom stereocenters. The van der Waals surface area contributed by atoms with Crippen LogP contribution in [0, 0.1) is 6.92 Å². The van der Waals surface area contributed by atoms with Crippen molar-refractivity contribution in [1.29, 1.82) is 0 Å². The van der Waals surface area contributed by atoms with Gasteiger partial charge in [-0.25, -0.2) is 0 Å². The van der Waals surface area contributed by atoms with Crippen molar-refractivity contribution in [1.82, 2.24) is 0 Å². The summed E-state index contributed by atoms with van der Waals surface area (Å²) in [7, 11) is 3.22. The second kappa shape index (κ2) is 5.97. The maximum Gasteiger partial charge on any atom is 0.144 e. The molecule has 0 aliphatic heterocycles. The minimum atomic E-state index is 0.539. The van der Waals surface area contributed by atoms with E-state index in [4.69, 9.17) is 26.8 Å². The topological polar surface area (TPSA) is 44.5 Å². The highest BCUT2D eigenvalue weighted by Gasteiger charge is 2.15. The smallest absolute Gasteiger partial charge is 0.144 e. The predicted octanol–water partition coefficient (Wildman–Crippen LogP) is 2.56. The average molecular weight is 244 g/mol. The molecule has 1 rings (SSSR count). The molecule has 0 saturated carbocycles. The third-order valence-corrected chi connectivity index (χ3v) is 2.84. The van der Waals surface area contributed by atoms with Gasteiger partial charge in [0.15, 0.2) is 0 Å². The van der Waals surface area contributed by atoms with Crippen LogP contribution in [-0.2, 0) is 6.42 Å². The van der Waals surface area contributed by atoms with Gasteiger partial charge in [-0.2, -0.15) is 0 Å². The summed E-state index contributed by atoms with van der Waals surface area (Å²) in [5, 5.41) is 0.539. The van der Waals surface area contributed by atoms with Gasteiger partial charge >= 0.3 is 0 Å². The molecule has 0 heterocycles. The van der Waals surface area contributed by atoms with E-state index in [-0.39, 0.29) is 0 Å². The fourth-order valence-corrected chi connectivity index (χ4v) is 2.18. The summed E-state index contributed by atoms with van der Waals surface area (Å²) in [4.78, 5) is 0. The molecule has 16 heavy (non-hydrogen) atoms. The van der Waals surface area contributed by atoms with E-state index in [0.29, 0.717) is 23.1 Å². The second-order valence-electron chi connectivity index (χ2n) is 3.63. The Balaban J connectivity index is 3.18. The Bertz CT molecular complexity index is 367. The number of halogens is 1. The van der Waals surface area contributed by atoms with Gasteiger partial charge in [-0.15, -0.1) is 0 Å². The largest absolute Gasteiger partial charge is 0.495 e. The van der Waals surface area contributed by atoms with E-state index >= 15 is 0 Å². The monoisotopic (exact) mass is 243 g/mol. The van der Waals surface area contributed by atoms with Gasteiger partial charge in [0.05, 0.1) is 14.2 Å². The van der Waals surface area contributed by atoms with Crippen LogP contribution in [0.15, 0.2) is 6.07 Å². The first-order valence-electron chi connectivity index (χ1n) is 5.25. The summed E-state index contributed by atoms with van der Waals surface area (Å²) in [5.41, 5.74) is 7.60. The van der Waals surface area contributed by atoms with E-state index in [0.717, 1.165) is 24.0 Å². The van der Waals surface area contributed by atoms with Crippen LogP contribution in [0.5, 0.6) is 11.5 Å². The summed E-state index contributed by atoms with van der Waals surface area (Å²) >= 11 is 6.22. The molecule has 0 spiro atoms. The summed E-state index contributed by atoms with van der Waals surface area (Å²) in [6.45, 7) is 2.63. The number of methoxy groups -OCH3 is 2. The van der Waals surface area contributed by atoms with Crippen LogP contribution in [0.3, 0.4) is 0 Å². The van der Waals surface area contributed by atoms with Crippen LogP contribution in [0.4, 0.5) is 0 Å². The number of ether oxygens (including phenoxy) is 2. The Hall–Kier alpha value is -0.930. The van der Waals surface area contributed by atoms with Crippen molar-refractivity contribution in [2.75, 3.05) is 20.8 Å². The SMILES string of the molecule is COc1c(C)cc(CCCN)c(OC)c1Cl. The standard InChI is InChI=1S/C12H18ClNO2/c1-8-7-9(5-4-6-14)12(16-3)10(13)11(8)15-2/h7H,4-6,14H2,1-3H3. The van der Waals surface area contributed by atoms with E-state index in [1.807, 2.05) is 13.0 Å². The molecule has 1 aromatic carbocycles. The van der Waals surface area contributed by atoms with Gasteiger partial charge in [0.2, 0.25) is 0 Å². The van der Waals surface area contributed by atoms with E-state index < -0.39 is 0 Å². The highest BCUT2D eigenvalue weighted by atomic mass is 35.5. The predicted molar refractivity (Wildman–Crippen MR) is 66.7 cm³/mol. The molecule has 0 aliphatic carbocycles. The maximum atomic E-state index is 6.22. The first-order chi connectivity index (χ1) is 7.65. The summed E-state index contributed by atoms with van der Waals surface area (Å²) < 4.78 is 10.6. The molecule has 0 aromatic heterocycles. The molecule has 0 fully saturated rings. The molecule has 0 saturated heterocycles. The van der Waals surface area contributed by atoms with Gasteiger partial charge in [-0.05, 0) is 43.5 Å². The van der Waals surface area contributed by atoms with Crippen molar-refractivity contribution >= 4 is 11.6 Å². The van der Waals surface area contributed by atoms with Gasteiger partial charge in [0, 0.05) is 0 Å². The highest BCUT2D eigenvalue weighted by Crippen LogP contribution is 2.39. The molecular weight excluding hydrogens is 226 g/mol. The van der Waals surface area contributed by atoms with Crippen molar-refractivity contribution in [2.24, 2.45) is 5.73 Å². The van der Waals surface area contributed by atoms with Gasteiger partial charge < -0.3 is 15.2 Å². The number of aryl methyl sites for hydroxylation is 2. The molecule has 0 unspecified atom stereocenters. The van der Waals surface area contributed by atoms with E-state index in [9.17, 15) is 0 Å². The van der Waals surface area contributed by atoms with Crippen molar-refractivity contribution in [3.63, 3.8) is 0 Å². The maximum absolute atomic E-state index is 6.22. The Morgan fingerprint density at radius 1 is 1.25 bits per heavy atom. The van der Waals surface area contributed by atoms with Crippen LogP contribution in [0.1, 0.15) is 17.5 Å². The molecule has 0 bridgehead atoms. The lowest BCUT2D eigenvalue weighted by Crippen LogP contribution is -2.03. The highest BCUT2D eigenvalue weighted by molar-refractivity contribution is 6.33. The first-order valence-corrected chi connectivity index (χ1v) is 5.63. The molecule has 0 aliphatic rings. The van der Waals surface area contributed by atoms with Crippen LogP contribution in [0.2, 0.25) is 5.02 Å². The van der Waals surface area contributed by atoms with Crippen molar-refractivity contribution < 1.29 is 9.47 Å². The minimum Gasteiger partial charge on any atom is -0.495 e. The minimum absolute atomic E-state index is 0.539. The fourth-order valence-electron chi connectivity index (χ4n) is 1.76. The van der Waals surface area contributed by atoms with E-state index in [1.165, 1.54) is 0 Å². The van der Waals surface area contributed by atoms with Crippen LogP contribution < -0.4 is 15.2 Å². The molecule has 4 heteroatoms. The number of hydrogen-bond acceptors (Lipinski definition) is 3. The third-order valence-electron chi connectivity index (χ3n) is 2.50. The van der Waals surface area contributed by atoms with Gasteiger partial charge in [0.1, 0.15) is 16.5 Å². The normalized spacial score (nSPS) is 10.3. The van der Waals surface area contributed by atoms with Crippen LogP contribution in [-0.4, -0.2) is 20.8 Å². The summed E-state index contributed by atoms with van der Waals surface area (Å²) in [6.07, 6.45) is 1.78. The molecule has 1 aromatic rings. The first kappa shape index (κ1) is 13.1. The zero-order chi connectivity index (χ0) is 12.1. The van der Waals surface area contributed by atoms with E-state index in [1.54, 1.807) is 14.2 Å².